The van der Waals surface area contributed by atoms with Crippen molar-refractivity contribution in [2.24, 2.45) is 0 Å². The lowest BCUT2D eigenvalue weighted by atomic mass is 10.0. The summed E-state index contributed by atoms with van der Waals surface area (Å²) >= 11 is 1.49. The van der Waals surface area contributed by atoms with Crippen molar-refractivity contribution >= 4 is 16.3 Å². The minimum Gasteiger partial charge on any atom is -0.313 e. The van der Waals surface area contributed by atoms with Crippen LogP contribution < -0.4 is 10.9 Å². The molecule has 21 heavy (non-hydrogen) atoms. The number of aromatic nitrogens is 3. The molecule has 7 heteroatoms. The molecule has 1 saturated heterocycles. The van der Waals surface area contributed by atoms with Crippen LogP contribution >= 0.6 is 11.3 Å². The van der Waals surface area contributed by atoms with E-state index in [0.29, 0.717) is 11.0 Å². The average Bonchev–Trinajstić information content (AvgIpc) is 2.82. The highest BCUT2D eigenvalue weighted by Gasteiger charge is 2.16. The zero-order valence-corrected chi connectivity index (χ0v) is 13.3. The molecular formula is C14H21N5OS. The van der Waals surface area contributed by atoms with Gasteiger partial charge in [0.05, 0.1) is 6.54 Å². The molecule has 3 rings (SSSR count). The highest BCUT2D eigenvalue weighted by Crippen LogP contribution is 2.14. The molecule has 1 unspecified atom stereocenters. The summed E-state index contributed by atoms with van der Waals surface area (Å²) in [4.78, 5) is 19.2. The van der Waals surface area contributed by atoms with Crippen molar-refractivity contribution in [2.75, 3.05) is 20.1 Å². The van der Waals surface area contributed by atoms with E-state index >= 15 is 0 Å². The van der Waals surface area contributed by atoms with Gasteiger partial charge in [-0.2, -0.15) is 9.61 Å². The number of hydrogen-bond acceptors (Lipinski definition) is 6. The van der Waals surface area contributed by atoms with E-state index in [0.717, 1.165) is 30.3 Å². The molecule has 2 aromatic heterocycles. The van der Waals surface area contributed by atoms with Gasteiger partial charge in [0, 0.05) is 24.3 Å². The van der Waals surface area contributed by atoms with E-state index in [1.165, 1.54) is 41.2 Å². The molecule has 0 aromatic carbocycles. The number of rotatable bonds is 4. The number of aryl methyl sites for hydroxylation is 1. The fourth-order valence-electron chi connectivity index (χ4n) is 2.78. The molecule has 1 aliphatic heterocycles. The highest BCUT2D eigenvalue weighted by molar-refractivity contribution is 7.16. The number of nitrogens with one attached hydrogen (secondary N) is 1. The van der Waals surface area contributed by atoms with Crippen molar-refractivity contribution < 1.29 is 0 Å². The van der Waals surface area contributed by atoms with E-state index in [1.807, 2.05) is 6.92 Å². The Morgan fingerprint density at radius 3 is 3.14 bits per heavy atom. The van der Waals surface area contributed by atoms with Crippen LogP contribution in [0, 0.1) is 6.92 Å². The molecular weight excluding hydrogens is 286 g/mol. The first-order chi connectivity index (χ1) is 10.1. The van der Waals surface area contributed by atoms with Gasteiger partial charge in [0.15, 0.2) is 0 Å². The minimum atomic E-state index is -0.100. The Kier molecular flexibility index (Phi) is 4.32. The van der Waals surface area contributed by atoms with Crippen LogP contribution in [0.15, 0.2) is 10.9 Å². The average molecular weight is 307 g/mol. The zero-order chi connectivity index (χ0) is 14.8. The van der Waals surface area contributed by atoms with Crippen molar-refractivity contribution in [1.82, 2.24) is 24.8 Å². The largest absolute Gasteiger partial charge is 0.313 e. The van der Waals surface area contributed by atoms with Crippen LogP contribution in [-0.4, -0.2) is 45.7 Å². The molecule has 0 bridgehead atoms. The van der Waals surface area contributed by atoms with Crippen molar-refractivity contribution in [1.29, 1.82) is 0 Å². The normalized spacial score (nSPS) is 19.5. The van der Waals surface area contributed by atoms with Crippen LogP contribution in [0.2, 0.25) is 0 Å². The predicted octanol–water partition coefficient (Wildman–Crippen LogP) is 1.03. The molecule has 0 spiro atoms. The molecule has 0 radical (unpaired) electrons. The summed E-state index contributed by atoms with van der Waals surface area (Å²) in [6.07, 6.45) is 3.83. The summed E-state index contributed by atoms with van der Waals surface area (Å²) in [5, 5.41) is 8.87. The van der Waals surface area contributed by atoms with Crippen molar-refractivity contribution in [3.8, 4) is 0 Å². The van der Waals surface area contributed by atoms with Crippen LogP contribution in [0.25, 0.3) is 4.96 Å². The van der Waals surface area contributed by atoms with Gasteiger partial charge in [0.1, 0.15) is 5.01 Å². The SMILES string of the molecule is Cc1cc(=O)n2nc(CN(C)CC3CCCCN3)sc2n1. The smallest absolute Gasteiger partial charge is 0.275 e. The van der Waals surface area contributed by atoms with Gasteiger partial charge in [-0.3, -0.25) is 9.69 Å². The minimum absolute atomic E-state index is 0.100. The Labute approximate surface area is 127 Å². The maximum absolute atomic E-state index is 11.9. The number of hydrogen-bond donors (Lipinski definition) is 1. The lowest BCUT2D eigenvalue weighted by Crippen LogP contribution is -2.42. The molecule has 1 N–H and O–H groups in total. The Hall–Kier alpha value is -1.31. The number of piperidine rings is 1. The molecule has 0 aliphatic carbocycles. The highest BCUT2D eigenvalue weighted by atomic mass is 32.1. The lowest BCUT2D eigenvalue weighted by molar-refractivity contribution is 0.255. The van der Waals surface area contributed by atoms with Crippen LogP contribution in [0.1, 0.15) is 30.0 Å². The topological polar surface area (TPSA) is 62.5 Å². The molecule has 1 atom stereocenters. The summed E-state index contributed by atoms with van der Waals surface area (Å²) in [7, 11) is 2.10. The van der Waals surface area contributed by atoms with Crippen molar-refractivity contribution in [3.63, 3.8) is 0 Å². The second kappa shape index (κ2) is 6.21. The Morgan fingerprint density at radius 1 is 1.52 bits per heavy atom. The third-order valence-corrected chi connectivity index (χ3v) is 4.66. The monoisotopic (exact) mass is 307 g/mol. The number of nitrogens with zero attached hydrogens (tertiary/aromatic N) is 4. The summed E-state index contributed by atoms with van der Waals surface area (Å²) < 4.78 is 1.40. The third-order valence-electron chi connectivity index (χ3n) is 3.76. The maximum atomic E-state index is 11.9. The van der Waals surface area contributed by atoms with Gasteiger partial charge in [0.25, 0.3) is 5.56 Å². The molecule has 0 saturated carbocycles. The maximum Gasteiger partial charge on any atom is 0.275 e. The fraction of sp³-hybridized carbons (Fsp3) is 0.643. The van der Waals surface area contributed by atoms with Gasteiger partial charge < -0.3 is 5.32 Å². The number of fused-ring (bicyclic) bond motifs is 1. The summed E-state index contributed by atoms with van der Waals surface area (Å²) in [5.74, 6) is 0. The van der Waals surface area contributed by atoms with E-state index < -0.39 is 0 Å². The van der Waals surface area contributed by atoms with E-state index in [2.05, 4.69) is 27.3 Å². The fourth-order valence-corrected chi connectivity index (χ4v) is 3.80. The Balaban J connectivity index is 1.69. The summed E-state index contributed by atoms with van der Waals surface area (Å²) in [6.45, 7) is 4.72. The van der Waals surface area contributed by atoms with Crippen LogP contribution in [0.5, 0.6) is 0 Å². The standard InChI is InChI=1S/C14H21N5OS/c1-10-7-13(20)19-14(16-10)21-12(17-19)9-18(2)8-11-5-3-4-6-15-11/h7,11,15H,3-6,8-9H2,1-2H3. The lowest BCUT2D eigenvalue weighted by Gasteiger charge is -2.27. The molecule has 0 amide bonds. The molecule has 2 aromatic rings. The van der Waals surface area contributed by atoms with Crippen LogP contribution in [0.4, 0.5) is 0 Å². The van der Waals surface area contributed by atoms with Crippen molar-refractivity contribution in [3.05, 3.63) is 27.1 Å². The molecule has 3 heterocycles. The second-order valence-corrected chi connectivity index (χ2v) is 6.81. The van der Waals surface area contributed by atoms with E-state index in [-0.39, 0.29) is 5.56 Å². The first kappa shape index (κ1) is 14.6. The van der Waals surface area contributed by atoms with Gasteiger partial charge in [-0.25, -0.2) is 4.98 Å². The van der Waals surface area contributed by atoms with E-state index in [4.69, 9.17) is 0 Å². The van der Waals surface area contributed by atoms with E-state index in [9.17, 15) is 4.79 Å². The Bertz CT molecular complexity index is 674. The molecule has 1 fully saturated rings. The molecule has 114 valence electrons. The first-order valence-corrected chi connectivity index (χ1v) is 8.22. The molecule has 1 aliphatic rings. The first-order valence-electron chi connectivity index (χ1n) is 7.40. The van der Waals surface area contributed by atoms with Gasteiger partial charge in [-0.05, 0) is 33.4 Å². The van der Waals surface area contributed by atoms with Gasteiger partial charge >= 0.3 is 0 Å². The zero-order valence-electron chi connectivity index (χ0n) is 12.5. The number of likely N-dealkylation sites (N-methyl/N-ethyl adjacent to an activating group) is 1. The van der Waals surface area contributed by atoms with Crippen molar-refractivity contribution in [2.45, 2.75) is 38.8 Å². The third kappa shape index (κ3) is 3.48. The van der Waals surface area contributed by atoms with Crippen LogP contribution in [-0.2, 0) is 6.54 Å². The second-order valence-electron chi connectivity index (χ2n) is 5.77. The summed E-state index contributed by atoms with van der Waals surface area (Å²) in [5.41, 5.74) is 0.645. The molecule has 6 nitrogen and oxygen atoms in total. The van der Waals surface area contributed by atoms with Gasteiger partial charge in [0.2, 0.25) is 4.96 Å². The quantitative estimate of drug-likeness (QED) is 0.914. The van der Waals surface area contributed by atoms with Gasteiger partial charge in [-0.15, -0.1) is 0 Å². The van der Waals surface area contributed by atoms with Gasteiger partial charge in [-0.1, -0.05) is 17.8 Å². The summed E-state index contributed by atoms with van der Waals surface area (Å²) in [6, 6.07) is 2.09. The van der Waals surface area contributed by atoms with Crippen LogP contribution in [0.3, 0.4) is 0 Å². The Morgan fingerprint density at radius 2 is 2.38 bits per heavy atom. The van der Waals surface area contributed by atoms with E-state index in [1.54, 1.807) is 0 Å². The predicted molar refractivity (Wildman–Crippen MR) is 83.8 cm³/mol.